The number of carbonyl (C=O) groups is 1. The van der Waals surface area contributed by atoms with Gasteiger partial charge in [-0.2, -0.15) is 0 Å². The monoisotopic (exact) mass is 441 g/mol. The van der Waals surface area contributed by atoms with Crippen molar-refractivity contribution in [3.63, 3.8) is 0 Å². The minimum atomic E-state index is -0.329. The number of nitrogens with zero attached hydrogens (tertiary/aromatic N) is 1. The van der Waals surface area contributed by atoms with Crippen LogP contribution in [-0.2, 0) is 13.0 Å². The molecule has 0 unspecified atom stereocenters. The highest BCUT2D eigenvalue weighted by molar-refractivity contribution is 6.10. The van der Waals surface area contributed by atoms with E-state index < -0.39 is 0 Å². The van der Waals surface area contributed by atoms with Crippen LogP contribution in [0.3, 0.4) is 0 Å². The van der Waals surface area contributed by atoms with Crippen LogP contribution < -0.4 is 19.6 Å². The van der Waals surface area contributed by atoms with Crippen LogP contribution in [0.5, 0.6) is 17.2 Å². The number of ether oxygens (including phenoxy) is 3. The van der Waals surface area contributed by atoms with Gasteiger partial charge in [-0.15, -0.1) is 0 Å². The van der Waals surface area contributed by atoms with Crippen molar-refractivity contribution in [1.29, 1.82) is 0 Å². The first-order valence-corrected chi connectivity index (χ1v) is 10.8. The summed E-state index contributed by atoms with van der Waals surface area (Å²) in [6, 6.07) is 18.5. The maximum Gasteiger partial charge on any atom is 0.231 e. The summed E-state index contributed by atoms with van der Waals surface area (Å²) in [6.45, 7) is 2.57. The van der Waals surface area contributed by atoms with Gasteiger partial charge in [0.15, 0.2) is 17.3 Å². The van der Waals surface area contributed by atoms with E-state index in [1.165, 1.54) is 0 Å². The summed E-state index contributed by atoms with van der Waals surface area (Å²) in [6.07, 6.45) is 2.51. The molecule has 166 valence electrons. The van der Waals surface area contributed by atoms with E-state index in [1.807, 2.05) is 41.0 Å². The molecule has 0 spiro atoms. The Hall–Kier alpha value is -4.06. The quantitative estimate of drug-likeness (QED) is 0.410. The molecular weight excluding hydrogens is 418 g/mol. The van der Waals surface area contributed by atoms with Crippen molar-refractivity contribution in [1.82, 2.24) is 4.57 Å². The molecule has 0 saturated carbocycles. The van der Waals surface area contributed by atoms with E-state index in [-0.39, 0.29) is 23.6 Å². The highest BCUT2D eigenvalue weighted by Crippen LogP contribution is 2.35. The number of hydrogen-bond acceptors (Lipinski definition) is 5. The van der Waals surface area contributed by atoms with Crippen molar-refractivity contribution in [2.24, 2.45) is 0 Å². The van der Waals surface area contributed by atoms with Gasteiger partial charge in [0.05, 0.1) is 30.1 Å². The molecule has 0 bridgehead atoms. The first-order valence-electron chi connectivity index (χ1n) is 10.8. The van der Waals surface area contributed by atoms with Gasteiger partial charge in [0.1, 0.15) is 5.75 Å². The molecule has 3 aromatic carbocycles. The molecule has 0 saturated heterocycles. The summed E-state index contributed by atoms with van der Waals surface area (Å²) in [5.41, 5.74) is 2.98. The Kier molecular flexibility index (Phi) is 5.34. The van der Waals surface area contributed by atoms with Gasteiger partial charge in [-0.25, -0.2) is 0 Å². The third kappa shape index (κ3) is 3.74. The number of carbonyl (C=O) groups excluding carboxylic acids is 1. The van der Waals surface area contributed by atoms with E-state index in [9.17, 15) is 9.59 Å². The standard InChI is InChI=1S/C27H23NO5/c1-3-17-8-10-18(11-9-17)26(29)21-15-28(14-19-6-4-5-7-23(19)31-2)22-13-25-24(32-16-33-25)12-20(22)27(21)30/h4-13,15H,3,14,16H2,1-2H3. The van der Waals surface area contributed by atoms with E-state index >= 15 is 0 Å². The predicted molar refractivity (Wildman–Crippen MR) is 126 cm³/mol. The second-order valence-electron chi connectivity index (χ2n) is 7.91. The Morgan fingerprint density at radius 2 is 1.76 bits per heavy atom. The van der Waals surface area contributed by atoms with Crippen molar-refractivity contribution < 1.29 is 19.0 Å². The van der Waals surface area contributed by atoms with Gasteiger partial charge < -0.3 is 18.8 Å². The predicted octanol–water partition coefficient (Wildman–Crippen LogP) is 4.58. The van der Waals surface area contributed by atoms with Crippen LogP contribution in [0.1, 0.15) is 34.0 Å². The molecular formula is C27H23NO5. The number of methoxy groups -OCH3 is 1. The van der Waals surface area contributed by atoms with Crippen LogP contribution >= 0.6 is 0 Å². The Bertz CT molecular complexity index is 1420. The lowest BCUT2D eigenvalue weighted by molar-refractivity contribution is 0.103. The van der Waals surface area contributed by atoms with E-state index in [0.29, 0.717) is 34.5 Å². The third-order valence-corrected chi connectivity index (χ3v) is 5.98. The largest absolute Gasteiger partial charge is 0.496 e. The summed E-state index contributed by atoms with van der Waals surface area (Å²) >= 11 is 0. The molecule has 1 aromatic heterocycles. The second-order valence-corrected chi connectivity index (χ2v) is 7.91. The number of hydrogen-bond donors (Lipinski definition) is 0. The lowest BCUT2D eigenvalue weighted by atomic mass is 10.00. The number of ketones is 1. The molecule has 5 rings (SSSR count). The van der Waals surface area contributed by atoms with Crippen molar-refractivity contribution in [2.75, 3.05) is 13.9 Å². The van der Waals surface area contributed by atoms with Crippen LogP contribution in [0, 0.1) is 0 Å². The fourth-order valence-corrected chi connectivity index (χ4v) is 4.14. The van der Waals surface area contributed by atoms with E-state index in [2.05, 4.69) is 6.92 Å². The number of para-hydroxylation sites is 1. The van der Waals surface area contributed by atoms with E-state index in [1.54, 1.807) is 37.6 Å². The minimum absolute atomic E-state index is 0.0991. The molecule has 2 heterocycles. The molecule has 0 N–H and O–H groups in total. The fraction of sp³-hybridized carbons (Fsp3) is 0.185. The molecule has 0 aliphatic carbocycles. The van der Waals surface area contributed by atoms with Gasteiger partial charge in [-0.3, -0.25) is 9.59 Å². The maximum absolute atomic E-state index is 13.4. The summed E-state index contributed by atoms with van der Waals surface area (Å²) in [7, 11) is 1.62. The first kappa shape index (κ1) is 20.8. The van der Waals surface area contributed by atoms with Gasteiger partial charge in [-0.1, -0.05) is 49.4 Å². The van der Waals surface area contributed by atoms with Gasteiger partial charge >= 0.3 is 0 Å². The van der Waals surface area contributed by atoms with Crippen molar-refractivity contribution in [3.8, 4) is 17.2 Å². The first-order chi connectivity index (χ1) is 16.1. The zero-order chi connectivity index (χ0) is 22.9. The number of pyridine rings is 1. The Morgan fingerprint density at radius 3 is 2.48 bits per heavy atom. The summed E-state index contributed by atoms with van der Waals surface area (Å²) in [5.74, 6) is 1.49. The molecule has 0 amide bonds. The van der Waals surface area contributed by atoms with E-state index in [0.717, 1.165) is 23.3 Å². The SMILES string of the molecule is CCc1ccc(C(=O)c2cn(Cc3ccccc3OC)c3cc4c(cc3c2=O)OCO4)cc1. The van der Waals surface area contributed by atoms with Crippen molar-refractivity contribution in [2.45, 2.75) is 19.9 Å². The van der Waals surface area contributed by atoms with Crippen LogP contribution in [0.15, 0.2) is 71.7 Å². The molecule has 6 heteroatoms. The number of aryl methyl sites for hydroxylation is 1. The smallest absolute Gasteiger partial charge is 0.231 e. The number of benzene rings is 3. The van der Waals surface area contributed by atoms with Crippen LogP contribution in [0.2, 0.25) is 0 Å². The highest BCUT2D eigenvalue weighted by Gasteiger charge is 2.22. The molecule has 1 aliphatic heterocycles. The Morgan fingerprint density at radius 1 is 1.03 bits per heavy atom. The van der Waals surface area contributed by atoms with Gasteiger partial charge in [0.25, 0.3) is 0 Å². The number of aromatic nitrogens is 1. The summed E-state index contributed by atoms with van der Waals surface area (Å²) < 4.78 is 18.4. The van der Waals surface area contributed by atoms with Crippen LogP contribution in [0.25, 0.3) is 10.9 Å². The third-order valence-electron chi connectivity index (χ3n) is 5.98. The topological polar surface area (TPSA) is 66.8 Å². The average molecular weight is 441 g/mol. The van der Waals surface area contributed by atoms with Crippen LogP contribution in [-0.4, -0.2) is 24.3 Å². The summed E-state index contributed by atoms with van der Waals surface area (Å²) in [4.78, 5) is 26.8. The molecule has 4 aromatic rings. The molecule has 6 nitrogen and oxygen atoms in total. The fourth-order valence-electron chi connectivity index (χ4n) is 4.14. The van der Waals surface area contributed by atoms with Gasteiger partial charge in [0.2, 0.25) is 12.2 Å². The lowest BCUT2D eigenvalue weighted by Crippen LogP contribution is -2.20. The van der Waals surface area contributed by atoms with Crippen LogP contribution in [0.4, 0.5) is 0 Å². The van der Waals surface area contributed by atoms with Gasteiger partial charge in [-0.05, 0) is 24.1 Å². The highest BCUT2D eigenvalue weighted by atomic mass is 16.7. The number of fused-ring (bicyclic) bond motifs is 2. The molecule has 33 heavy (non-hydrogen) atoms. The average Bonchev–Trinajstić information content (AvgIpc) is 3.32. The normalized spacial score (nSPS) is 12.2. The maximum atomic E-state index is 13.4. The number of rotatable bonds is 6. The Balaban J connectivity index is 1.69. The minimum Gasteiger partial charge on any atom is -0.496 e. The molecule has 0 fully saturated rings. The van der Waals surface area contributed by atoms with Crippen molar-refractivity contribution in [3.05, 3.63) is 99.3 Å². The van der Waals surface area contributed by atoms with Gasteiger partial charge in [0, 0.05) is 23.4 Å². The summed E-state index contributed by atoms with van der Waals surface area (Å²) in [5, 5.41) is 0.408. The molecule has 1 aliphatic rings. The zero-order valence-electron chi connectivity index (χ0n) is 18.5. The zero-order valence-corrected chi connectivity index (χ0v) is 18.5. The second kappa shape index (κ2) is 8.47. The Labute approximate surface area is 191 Å². The lowest BCUT2D eigenvalue weighted by Gasteiger charge is -2.16. The van der Waals surface area contributed by atoms with Crippen molar-refractivity contribution >= 4 is 16.7 Å². The molecule has 0 radical (unpaired) electrons. The van der Waals surface area contributed by atoms with E-state index in [4.69, 9.17) is 14.2 Å². The molecule has 0 atom stereocenters.